The van der Waals surface area contributed by atoms with Crippen molar-refractivity contribution in [3.8, 4) is 11.1 Å². The number of carbonyl (C=O) groups is 4. The van der Waals surface area contributed by atoms with E-state index in [-0.39, 0.29) is 35.6 Å². The number of carboxylic acid groups (broad SMARTS) is 1. The standard InChI is InChI=1S/C40H51N7O6/c1-4-47(5-2)20-6-19-41-36(48)30-15-17-32(25(3)21-30)28-11-7-26(8-12-28)22-35(39(51)43-31-16-18-33-34(23-31)45-46-38(33)50)44-37(49)29-13-9-27(10-14-29)24-42-40(52)53/h7-8,11-12,15-18,21,23,27,29,35,42H,4-6,9-10,13-14,19-20,22,24H2,1-3H3,(H,41,48)(H,43,51)(H,44,49)(H,52,53)(H2,45,46,50)/t27?,29?,35-/m0/s1. The number of carbonyl (C=O) groups excluding carboxylic acids is 3. The highest BCUT2D eigenvalue weighted by Crippen LogP contribution is 2.29. The zero-order valence-corrected chi connectivity index (χ0v) is 30.7. The van der Waals surface area contributed by atoms with Crippen molar-refractivity contribution in [3.63, 3.8) is 0 Å². The van der Waals surface area contributed by atoms with Crippen LogP contribution in [-0.2, 0) is 16.0 Å². The first kappa shape index (κ1) is 38.8. The van der Waals surface area contributed by atoms with Crippen LogP contribution < -0.4 is 26.8 Å². The van der Waals surface area contributed by atoms with E-state index in [1.807, 2.05) is 49.4 Å². The van der Waals surface area contributed by atoms with Crippen LogP contribution in [0.25, 0.3) is 22.0 Å². The van der Waals surface area contributed by atoms with E-state index >= 15 is 0 Å². The maximum atomic E-state index is 13.7. The minimum absolute atomic E-state index is 0.0922. The lowest BCUT2D eigenvalue weighted by molar-refractivity contribution is -0.130. The van der Waals surface area contributed by atoms with E-state index in [1.54, 1.807) is 18.2 Å². The van der Waals surface area contributed by atoms with Gasteiger partial charge in [0.1, 0.15) is 6.04 Å². The van der Waals surface area contributed by atoms with Gasteiger partial charge in [0.2, 0.25) is 11.8 Å². The monoisotopic (exact) mass is 725 g/mol. The Morgan fingerprint density at radius 3 is 2.32 bits per heavy atom. The Morgan fingerprint density at radius 2 is 1.64 bits per heavy atom. The van der Waals surface area contributed by atoms with E-state index in [4.69, 9.17) is 5.11 Å². The number of aryl methyl sites for hydroxylation is 1. The zero-order chi connectivity index (χ0) is 37.9. The van der Waals surface area contributed by atoms with Gasteiger partial charge in [-0.05, 0) is 117 Å². The van der Waals surface area contributed by atoms with Gasteiger partial charge in [0.05, 0.1) is 10.9 Å². The molecule has 13 nitrogen and oxygen atoms in total. The van der Waals surface area contributed by atoms with E-state index in [0.717, 1.165) is 48.3 Å². The van der Waals surface area contributed by atoms with Crippen molar-refractivity contribution in [1.82, 2.24) is 31.0 Å². The Balaban J connectivity index is 1.25. The normalized spacial score (nSPS) is 16.2. The highest BCUT2D eigenvalue weighted by atomic mass is 16.4. The summed E-state index contributed by atoms with van der Waals surface area (Å²) in [6, 6.07) is 17.6. The predicted octanol–water partition coefficient (Wildman–Crippen LogP) is 5.03. The molecule has 5 rings (SSSR count). The summed E-state index contributed by atoms with van der Waals surface area (Å²) >= 11 is 0. The van der Waals surface area contributed by atoms with Crippen LogP contribution in [0.5, 0.6) is 0 Å². The molecule has 1 heterocycles. The Labute approximate surface area is 309 Å². The number of aromatic nitrogens is 2. The van der Waals surface area contributed by atoms with Crippen molar-refractivity contribution in [2.75, 3.05) is 38.0 Å². The lowest BCUT2D eigenvalue weighted by atomic mass is 9.81. The maximum absolute atomic E-state index is 13.7. The highest BCUT2D eigenvalue weighted by molar-refractivity contribution is 5.99. The van der Waals surface area contributed by atoms with Crippen LogP contribution in [0.15, 0.2) is 65.5 Å². The molecule has 7 N–H and O–H groups in total. The van der Waals surface area contributed by atoms with E-state index in [1.165, 1.54) is 0 Å². The molecule has 1 saturated carbocycles. The molecule has 0 bridgehead atoms. The molecule has 4 aromatic rings. The van der Waals surface area contributed by atoms with Crippen molar-refractivity contribution < 1.29 is 24.3 Å². The first-order valence-corrected chi connectivity index (χ1v) is 18.5. The van der Waals surface area contributed by atoms with Crippen LogP contribution in [0.2, 0.25) is 0 Å². The van der Waals surface area contributed by atoms with Crippen LogP contribution in [0, 0.1) is 18.8 Å². The van der Waals surface area contributed by atoms with Gasteiger partial charge in [-0.15, -0.1) is 0 Å². The van der Waals surface area contributed by atoms with Crippen LogP contribution >= 0.6 is 0 Å². The highest BCUT2D eigenvalue weighted by Gasteiger charge is 2.30. The molecule has 1 aromatic heterocycles. The summed E-state index contributed by atoms with van der Waals surface area (Å²) in [5.74, 6) is -0.801. The molecule has 13 heteroatoms. The fourth-order valence-electron chi connectivity index (χ4n) is 7.03. The molecule has 0 aliphatic heterocycles. The van der Waals surface area contributed by atoms with Gasteiger partial charge in [-0.25, -0.2) is 4.79 Å². The van der Waals surface area contributed by atoms with E-state index < -0.39 is 18.0 Å². The number of rotatable bonds is 16. The Kier molecular flexibility index (Phi) is 13.4. The molecule has 1 fully saturated rings. The second kappa shape index (κ2) is 18.4. The molecule has 3 aromatic carbocycles. The summed E-state index contributed by atoms with van der Waals surface area (Å²) < 4.78 is 0. The van der Waals surface area contributed by atoms with Gasteiger partial charge in [0.25, 0.3) is 11.5 Å². The first-order valence-electron chi connectivity index (χ1n) is 18.5. The summed E-state index contributed by atoms with van der Waals surface area (Å²) in [7, 11) is 0. The smallest absolute Gasteiger partial charge is 0.404 e. The lowest BCUT2D eigenvalue weighted by Gasteiger charge is -2.29. The number of nitrogens with one attached hydrogen (secondary N) is 6. The number of H-pyrrole nitrogens is 2. The third-order valence-corrected chi connectivity index (χ3v) is 10.3. The zero-order valence-electron chi connectivity index (χ0n) is 30.7. The summed E-state index contributed by atoms with van der Waals surface area (Å²) in [6.45, 7) is 10.2. The average Bonchev–Trinajstić information content (AvgIpc) is 3.53. The molecule has 0 unspecified atom stereocenters. The number of hydrogen-bond acceptors (Lipinski definition) is 6. The van der Waals surface area contributed by atoms with E-state index in [2.05, 4.69) is 50.2 Å². The second-order valence-electron chi connectivity index (χ2n) is 13.9. The molecule has 1 atom stereocenters. The minimum atomic E-state index is -1.06. The number of aromatic amines is 2. The second-order valence-corrected chi connectivity index (χ2v) is 13.9. The van der Waals surface area contributed by atoms with E-state index in [9.17, 15) is 24.0 Å². The number of hydrogen-bond donors (Lipinski definition) is 7. The number of anilines is 1. The van der Waals surface area contributed by atoms with Crippen molar-refractivity contribution in [1.29, 1.82) is 0 Å². The first-order chi connectivity index (χ1) is 25.5. The van der Waals surface area contributed by atoms with Gasteiger partial charge in [0.15, 0.2) is 0 Å². The Morgan fingerprint density at radius 1 is 0.906 bits per heavy atom. The van der Waals surface area contributed by atoms with Gasteiger partial charge in [0, 0.05) is 36.7 Å². The van der Waals surface area contributed by atoms with Gasteiger partial charge < -0.3 is 31.3 Å². The predicted molar refractivity (Wildman–Crippen MR) is 206 cm³/mol. The molecule has 4 amide bonds. The quantitative estimate of drug-likeness (QED) is 0.0789. The number of nitrogens with zero attached hydrogens (tertiary/aromatic N) is 1. The third-order valence-electron chi connectivity index (χ3n) is 10.3. The largest absolute Gasteiger partial charge is 0.465 e. The van der Waals surface area contributed by atoms with Gasteiger partial charge in [-0.2, -0.15) is 0 Å². The van der Waals surface area contributed by atoms with Gasteiger partial charge >= 0.3 is 6.09 Å². The molecule has 0 saturated heterocycles. The number of benzene rings is 3. The van der Waals surface area contributed by atoms with Crippen molar-refractivity contribution in [3.05, 3.63) is 87.7 Å². The molecule has 53 heavy (non-hydrogen) atoms. The molecule has 282 valence electrons. The molecular weight excluding hydrogens is 674 g/mol. The van der Waals surface area contributed by atoms with Crippen LogP contribution in [0.4, 0.5) is 10.5 Å². The fraction of sp³-hybridized carbons (Fsp3) is 0.425. The molecule has 1 aliphatic rings. The third kappa shape index (κ3) is 10.6. The fourth-order valence-corrected chi connectivity index (χ4v) is 7.03. The molecule has 0 spiro atoms. The topological polar surface area (TPSA) is 189 Å². The van der Waals surface area contributed by atoms with Crippen LogP contribution in [0.3, 0.4) is 0 Å². The maximum Gasteiger partial charge on any atom is 0.404 e. The summed E-state index contributed by atoms with van der Waals surface area (Å²) in [5, 5.41) is 26.1. The number of amides is 4. The van der Waals surface area contributed by atoms with Gasteiger partial charge in [-0.1, -0.05) is 44.2 Å². The minimum Gasteiger partial charge on any atom is -0.465 e. The Hall–Kier alpha value is -5.43. The van der Waals surface area contributed by atoms with Crippen LogP contribution in [-0.4, -0.2) is 82.8 Å². The average molecular weight is 726 g/mol. The molecule has 0 radical (unpaired) electrons. The Bertz CT molecular complexity index is 1940. The summed E-state index contributed by atoms with van der Waals surface area (Å²) in [5.41, 5.74) is 5.15. The van der Waals surface area contributed by atoms with Crippen molar-refractivity contribution in [2.24, 2.45) is 11.8 Å². The molecular formula is C40H51N7O6. The van der Waals surface area contributed by atoms with Crippen molar-refractivity contribution in [2.45, 2.75) is 65.3 Å². The SMILES string of the molecule is CCN(CC)CCCNC(=O)c1ccc(-c2ccc(C[C@H](NC(=O)C3CCC(CNC(=O)O)CC3)C(=O)Nc3ccc4c(=O)[nH][nH]c4c3)cc2)c(C)c1. The number of fused-ring (bicyclic) bond motifs is 1. The summed E-state index contributed by atoms with van der Waals surface area (Å²) in [6.07, 6.45) is 2.72. The van der Waals surface area contributed by atoms with Crippen LogP contribution in [0.1, 0.15) is 67.4 Å². The van der Waals surface area contributed by atoms with E-state index in [0.29, 0.717) is 60.9 Å². The van der Waals surface area contributed by atoms with Crippen molar-refractivity contribution >= 4 is 40.4 Å². The molecule has 1 aliphatic carbocycles. The summed E-state index contributed by atoms with van der Waals surface area (Å²) in [4.78, 5) is 65.3. The van der Waals surface area contributed by atoms with Gasteiger partial charge in [-0.3, -0.25) is 29.4 Å². The lowest BCUT2D eigenvalue weighted by Crippen LogP contribution is -2.48.